The molecule has 1 atom stereocenters. The lowest BCUT2D eigenvalue weighted by Gasteiger charge is -2.57. The number of rotatable bonds is 0. The molecule has 0 N–H and O–H groups in total. The molecule has 1 aliphatic heterocycles. The van der Waals surface area contributed by atoms with Gasteiger partial charge in [-0.1, -0.05) is 19.9 Å². The Labute approximate surface area is 93.0 Å². The standard InChI is InChI=1S/C12H17NOSi/c1-11(2)12(14-15-11)7-3-5-9-6-4-8-13-10(9)12/h4,6,8H,3,5,7,15H2,1-2H3. The summed E-state index contributed by atoms with van der Waals surface area (Å²) in [4.78, 5) is 4.59. The van der Waals surface area contributed by atoms with E-state index >= 15 is 0 Å². The van der Waals surface area contributed by atoms with E-state index in [1.54, 1.807) is 0 Å². The van der Waals surface area contributed by atoms with Crippen LogP contribution in [-0.4, -0.2) is 14.7 Å². The summed E-state index contributed by atoms with van der Waals surface area (Å²) in [5, 5.41) is 0.385. The first-order valence-corrected chi connectivity index (χ1v) is 7.03. The van der Waals surface area contributed by atoms with E-state index < -0.39 is 0 Å². The van der Waals surface area contributed by atoms with E-state index in [1.807, 2.05) is 12.3 Å². The molecule has 0 bridgehead atoms. The van der Waals surface area contributed by atoms with E-state index in [0.717, 1.165) is 6.42 Å². The van der Waals surface area contributed by atoms with Gasteiger partial charge in [-0.25, -0.2) is 0 Å². The molecule has 2 heterocycles. The molecule has 1 fully saturated rings. The van der Waals surface area contributed by atoms with Crippen LogP contribution in [0, 0.1) is 0 Å². The van der Waals surface area contributed by atoms with Gasteiger partial charge in [-0.15, -0.1) is 0 Å². The Hall–Kier alpha value is -0.673. The van der Waals surface area contributed by atoms with Crippen LogP contribution < -0.4 is 0 Å². The molecule has 2 nitrogen and oxygen atoms in total. The number of fused-ring (bicyclic) bond motifs is 2. The summed E-state index contributed by atoms with van der Waals surface area (Å²) in [7, 11) is -0.348. The van der Waals surface area contributed by atoms with Crippen LogP contribution in [0.3, 0.4) is 0 Å². The fourth-order valence-corrected chi connectivity index (χ4v) is 4.68. The fraction of sp³-hybridized carbons (Fsp3) is 0.583. The third-order valence-electron chi connectivity index (χ3n) is 4.02. The summed E-state index contributed by atoms with van der Waals surface area (Å²) in [6, 6.07) is 4.25. The first kappa shape index (κ1) is 9.55. The summed E-state index contributed by atoms with van der Waals surface area (Å²) in [5.74, 6) is 0. The highest BCUT2D eigenvalue weighted by molar-refractivity contribution is 6.36. The van der Waals surface area contributed by atoms with Gasteiger partial charge in [0.1, 0.15) is 5.60 Å². The minimum absolute atomic E-state index is 0.0198. The molecule has 0 saturated carbocycles. The largest absolute Gasteiger partial charge is 0.412 e. The van der Waals surface area contributed by atoms with Crippen molar-refractivity contribution in [2.75, 3.05) is 0 Å². The molecule has 1 aliphatic carbocycles. The lowest BCUT2D eigenvalue weighted by atomic mass is 9.75. The van der Waals surface area contributed by atoms with Gasteiger partial charge in [-0.2, -0.15) is 0 Å². The third kappa shape index (κ3) is 1.11. The predicted octanol–water partition coefficient (Wildman–Crippen LogP) is 1.93. The third-order valence-corrected chi connectivity index (χ3v) is 5.95. The number of aryl methyl sites for hydroxylation is 1. The number of pyridine rings is 1. The van der Waals surface area contributed by atoms with Crippen molar-refractivity contribution in [3.05, 3.63) is 29.6 Å². The van der Waals surface area contributed by atoms with Crippen molar-refractivity contribution in [3.8, 4) is 0 Å². The molecule has 1 saturated heterocycles. The average Bonchev–Trinajstić information content (AvgIpc) is 2.27. The summed E-state index contributed by atoms with van der Waals surface area (Å²) in [6.07, 6.45) is 5.49. The second-order valence-electron chi connectivity index (χ2n) is 5.36. The van der Waals surface area contributed by atoms with Gasteiger partial charge in [0.2, 0.25) is 0 Å². The van der Waals surface area contributed by atoms with E-state index in [-0.39, 0.29) is 15.4 Å². The number of hydrogen-bond donors (Lipinski definition) is 0. The van der Waals surface area contributed by atoms with Crippen LogP contribution in [0.1, 0.15) is 37.9 Å². The van der Waals surface area contributed by atoms with Gasteiger partial charge in [-0.05, 0) is 30.9 Å². The van der Waals surface area contributed by atoms with E-state index in [9.17, 15) is 0 Å². The van der Waals surface area contributed by atoms with Gasteiger partial charge in [0, 0.05) is 11.2 Å². The van der Waals surface area contributed by atoms with Gasteiger partial charge in [-0.3, -0.25) is 4.98 Å². The van der Waals surface area contributed by atoms with E-state index in [0.29, 0.717) is 5.04 Å². The van der Waals surface area contributed by atoms with Crippen molar-refractivity contribution in [2.24, 2.45) is 0 Å². The van der Waals surface area contributed by atoms with Gasteiger partial charge in [0.05, 0.1) is 5.69 Å². The maximum absolute atomic E-state index is 6.08. The first-order valence-electron chi connectivity index (χ1n) is 5.74. The molecular formula is C12H17NOSi. The highest BCUT2D eigenvalue weighted by atomic mass is 28.2. The molecule has 1 spiro atoms. The Morgan fingerprint density at radius 3 is 3.00 bits per heavy atom. The van der Waals surface area contributed by atoms with Gasteiger partial charge < -0.3 is 4.43 Å². The second kappa shape index (κ2) is 2.92. The van der Waals surface area contributed by atoms with Crippen LogP contribution >= 0.6 is 0 Å². The zero-order chi connectivity index (χ0) is 10.5. The molecule has 1 aromatic rings. The Kier molecular flexibility index (Phi) is 1.86. The predicted molar refractivity (Wildman–Crippen MR) is 62.5 cm³/mol. The van der Waals surface area contributed by atoms with E-state index in [4.69, 9.17) is 4.43 Å². The molecule has 0 radical (unpaired) electrons. The van der Waals surface area contributed by atoms with Crippen molar-refractivity contribution in [1.29, 1.82) is 0 Å². The van der Waals surface area contributed by atoms with Crippen LogP contribution in [0.2, 0.25) is 5.04 Å². The molecule has 2 aliphatic rings. The maximum atomic E-state index is 6.08. The number of hydrogen-bond acceptors (Lipinski definition) is 2. The van der Waals surface area contributed by atoms with E-state index in [1.165, 1.54) is 24.1 Å². The van der Waals surface area contributed by atoms with Crippen LogP contribution in [0.5, 0.6) is 0 Å². The topological polar surface area (TPSA) is 22.1 Å². The van der Waals surface area contributed by atoms with Crippen LogP contribution in [-0.2, 0) is 16.4 Å². The smallest absolute Gasteiger partial charge is 0.171 e. The lowest BCUT2D eigenvalue weighted by Crippen LogP contribution is -2.57. The Morgan fingerprint density at radius 2 is 2.33 bits per heavy atom. The monoisotopic (exact) mass is 219 g/mol. The highest BCUT2D eigenvalue weighted by Gasteiger charge is 2.58. The average molecular weight is 219 g/mol. The highest BCUT2D eigenvalue weighted by Crippen LogP contribution is 2.59. The summed E-state index contributed by atoms with van der Waals surface area (Å²) < 4.78 is 6.08. The Bertz CT molecular complexity index is 404. The lowest BCUT2D eigenvalue weighted by molar-refractivity contribution is -0.0590. The molecule has 3 rings (SSSR count). The van der Waals surface area contributed by atoms with Crippen LogP contribution in [0.25, 0.3) is 0 Å². The molecule has 15 heavy (non-hydrogen) atoms. The van der Waals surface area contributed by atoms with E-state index in [2.05, 4.69) is 24.9 Å². The molecule has 80 valence electrons. The summed E-state index contributed by atoms with van der Waals surface area (Å²) >= 11 is 0. The first-order chi connectivity index (χ1) is 7.16. The van der Waals surface area contributed by atoms with Gasteiger partial charge >= 0.3 is 0 Å². The Balaban J connectivity index is 2.14. The Morgan fingerprint density at radius 1 is 1.47 bits per heavy atom. The second-order valence-corrected chi connectivity index (χ2v) is 7.71. The fourth-order valence-electron chi connectivity index (χ4n) is 2.98. The minimum Gasteiger partial charge on any atom is -0.412 e. The molecule has 1 unspecified atom stereocenters. The molecule has 3 heteroatoms. The molecule has 0 aromatic carbocycles. The van der Waals surface area contributed by atoms with Crippen molar-refractivity contribution < 1.29 is 4.43 Å². The minimum atomic E-state index is -0.348. The zero-order valence-corrected chi connectivity index (χ0v) is 10.8. The van der Waals surface area contributed by atoms with Crippen molar-refractivity contribution in [2.45, 2.75) is 43.7 Å². The zero-order valence-electron chi connectivity index (χ0n) is 9.42. The van der Waals surface area contributed by atoms with Crippen LogP contribution in [0.4, 0.5) is 0 Å². The summed E-state index contributed by atoms with van der Waals surface area (Å²) in [5.41, 5.74) is 2.62. The van der Waals surface area contributed by atoms with Crippen molar-refractivity contribution >= 4 is 9.76 Å². The molecule has 1 aromatic heterocycles. The van der Waals surface area contributed by atoms with Gasteiger partial charge in [0.25, 0.3) is 0 Å². The van der Waals surface area contributed by atoms with Crippen LogP contribution in [0.15, 0.2) is 18.3 Å². The number of aromatic nitrogens is 1. The molecular weight excluding hydrogens is 202 g/mol. The van der Waals surface area contributed by atoms with Gasteiger partial charge in [0.15, 0.2) is 9.76 Å². The maximum Gasteiger partial charge on any atom is 0.171 e. The number of nitrogens with zero attached hydrogens (tertiary/aromatic N) is 1. The molecule has 0 amide bonds. The summed E-state index contributed by atoms with van der Waals surface area (Å²) in [6.45, 7) is 4.71. The van der Waals surface area contributed by atoms with Crippen molar-refractivity contribution in [1.82, 2.24) is 4.98 Å². The quantitative estimate of drug-likeness (QED) is 0.622. The van der Waals surface area contributed by atoms with Crippen molar-refractivity contribution in [3.63, 3.8) is 0 Å². The SMILES string of the molecule is CC1(C)[SiH2]OC12CCCc1cccnc12. The normalized spacial score (nSPS) is 33.7.